The highest BCUT2D eigenvalue weighted by atomic mass is 32.2. The van der Waals surface area contributed by atoms with E-state index in [1.807, 2.05) is 16.7 Å². The van der Waals surface area contributed by atoms with Crippen LogP contribution in [0.2, 0.25) is 0 Å². The second-order valence-corrected chi connectivity index (χ2v) is 8.58. The minimum absolute atomic E-state index is 0.0577. The molecule has 1 unspecified atom stereocenters. The van der Waals surface area contributed by atoms with Gasteiger partial charge in [0.1, 0.15) is 6.17 Å². The molecule has 5 heteroatoms. The molecule has 2 aliphatic rings. The summed E-state index contributed by atoms with van der Waals surface area (Å²) in [5.41, 5.74) is 2.29. The van der Waals surface area contributed by atoms with E-state index in [9.17, 15) is 4.79 Å². The third-order valence-corrected chi connectivity index (χ3v) is 6.62. The lowest BCUT2D eigenvalue weighted by molar-refractivity contribution is -0.117. The molecule has 0 radical (unpaired) electrons. The van der Waals surface area contributed by atoms with Crippen LogP contribution in [0.3, 0.4) is 0 Å². The van der Waals surface area contributed by atoms with E-state index in [-0.39, 0.29) is 12.1 Å². The maximum absolute atomic E-state index is 12.6. The standard InChI is InChI=1S/C22H33N3OS/c1-4-15-24-21(16-27-22(24)23-19-9-7-6-8-10-19)25(17(3)26)20-13-11-18(5-2)12-14-20/h11-14,19,21H,4-10,15-16H2,1-3H3. The Morgan fingerprint density at radius 1 is 1.19 bits per heavy atom. The summed E-state index contributed by atoms with van der Waals surface area (Å²) in [4.78, 5) is 22.0. The summed E-state index contributed by atoms with van der Waals surface area (Å²) >= 11 is 1.82. The second-order valence-electron chi connectivity index (χ2n) is 7.60. The van der Waals surface area contributed by atoms with Crippen molar-refractivity contribution in [3.05, 3.63) is 29.8 Å². The number of amides is 1. The zero-order valence-corrected chi connectivity index (χ0v) is 17.8. The molecule has 1 aliphatic heterocycles. The number of hydrogen-bond donors (Lipinski definition) is 0. The molecule has 4 nitrogen and oxygen atoms in total. The minimum Gasteiger partial charge on any atom is -0.330 e. The van der Waals surface area contributed by atoms with Crippen LogP contribution in [0.25, 0.3) is 0 Å². The molecule has 1 heterocycles. The summed E-state index contributed by atoms with van der Waals surface area (Å²) in [6.07, 6.45) is 8.50. The van der Waals surface area contributed by atoms with E-state index in [0.717, 1.165) is 36.0 Å². The van der Waals surface area contributed by atoms with Crippen molar-refractivity contribution < 1.29 is 4.79 Å². The van der Waals surface area contributed by atoms with E-state index in [2.05, 4.69) is 43.0 Å². The van der Waals surface area contributed by atoms with Crippen LogP contribution in [0.4, 0.5) is 5.69 Å². The molecule has 2 fully saturated rings. The summed E-state index contributed by atoms with van der Waals surface area (Å²) < 4.78 is 0. The van der Waals surface area contributed by atoms with Gasteiger partial charge in [-0.25, -0.2) is 0 Å². The minimum atomic E-state index is 0.0577. The van der Waals surface area contributed by atoms with Crippen LogP contribution >= 0.6 is 11.8 Å². The van der Waals surface area contributed by atoms with Crippen molar-refractivity contribution in [3.8, 4) is 0 Å². The van der Waals surface area contributed by atoms with Crippen LogP contribution in [0.5, 0.6) is 0 Å². The van der Waals surface area contributed by atoms with Gasteiger partial charge in [0.25, 0.3) is 0 Å². The maximum Gasteiger partial charge on any atom is 0.225 e. The van der Waals surface area contributed by atoms with Gasteiger partial charge in [-0.2, -0.15) is 0 Å². The molecule has 0 bridgehead atoms. The number of thioether (sulfide) groups is 1. The van der Waals surface area contributed by atoms with E-state index in [4.69, 9.17) is 4.99 Å². The quantitative estimate of drug-likeness (QED) is 0.683. The average molecular weight is 388 g/mol. The van der Waals surface area contributed by atoms with Gasteiger partial charge in [-0.1, -0.05) is 57.0 Å². The average Bonchev–Trinajstić information content (AvgIpc) is 3.05. The summed E-state index contributed by atoms with van der Waals surface area (Å²) in [6.45, 7) is 6.98. The zero-order valence-electron chi connectivity index (χ0n) is 17.0. The zero-order chi connectivity index (χ0) is 19.2. The van der Waals surface area contributed by atoms with Gasteiger partial charge in [0.05, 0.1) is 6.04 Å². The number of carbonyl (C=O) groups excluding carboxylic acids is 1. The molecule has 1 aromatic carbocycles. The Morgan fingerprint density at radius 2 is 1.89 bits per heavy atom. The lowest BCUT2D eigenvalue weighted by Gasteiger charge is -2.35. The molecule has 27 heavy (non-hydrogen) atoms. The number of aryl methyl sites for hydroxylation is 1. The van der Waals surface area contributed by atoms with Gasteiger partial charge in [0, 0.05) is 24.9 Å². The van der Waals surface area contributed by atoms with Crippen molar-refractivity contribution in [1.29, 1.82) is 0 Å². The Balaban J connectivity index is 1.84. The highest BCUT2D eigenvalue weighted by Crippen LogP contribution is 2.32. The number of nitrogens with zero attached hydrogens (tertiary/aromatic N) is 3. The number of anilines is 1. The predicted octanol–water partition coefficient (Wildman–Crippen LogP) is 5.08. The summed E-state index contributed by atoms with van der Waals surface area (Å²) in [6, 6.07) is 8.91. The lowest BCUT2D eigenvalue weighted by Crippen LogP contribution is -2.50. The van der Waals surface area contributed by atoms with Crippen molar-refractivity contribution in [3.63, 3.8) is 0 Å². The molecular weight excluding hydrogens is 354 g/mol. The van der Waals surface area contributed by atoms with Gasteiger partial charge >= 0.3 is 0 Å². The van der Waals surface area contributed by atoms with Crippen molar-refractivity contribution in [2.45, 2.75) is 77.9 Å². The second kappa shape index (κ2) is 9.63. The van der Waals surface area contributed by atoms with Crippen LogP contribution in [-0.4, -0.2) is 40.5 Å². The Kier molecular flexibility index (Phi) is 7.22. The Morgan fingerprint density at radius 3 is 2.48 bits per heavy atom. The first kappa shape index (κ1) is 20.2. The molecule has 0 aromatic heterocycles. The van der Waals surface area contributed by atoms with Gasteiger partial charge in [0.15, 0.2) is 5.17 Å². The smallest absolute Gasteiger partial charge is 0.225 e. The monoisotopic (exact) mass is 387 g/mol. The number of benzene rings is 1. The fraction of sp³-hybridized carbons (Fsp3) is 0.636. The first-order valence-electron chi connectivity index (χ1n) is 10.5. The molecular formula is C22H33N3OS. The number of aliphatic imine (C=N–C) groups is 1. The first-order chi connectivity index (χ1) is 13.1. The molecule has 148 valence electrons. The van der Waals surface area contributed by atoms with Crippen molar-refractivity contribution in [2.75, 3.05) is 17.2 Å². The molecule has 1 amide bonds. The summed E-state index contributed by atoms with van der Waals surface area (Å²) in [7, 11) is 0. The topological polar surface area (TPSA) is 35.9 Å². The molecule has 1 aliphatic carbocycles. The van der Waals surface area contributed by atoms with E-state index in [1.165, 1.54) is 37.7 Å². The van der Waals surface area contributed by atoms with E-state index in [1.54, 1.807) is 6.92 Å². The van der Waals surface area contributed by atoms with Crippen LogP contribution < -0.4 is 4.90 Å². The summed E-state index contributed by atoms with van der Waals surface area (Å²) in [5.74, 6) is 0.991. The third kappa shape index (κ3) is 4.87. The number of hydrogen-bond acceptors (Lipinski definition) is 3. The van der Waals surface area contributed by atoms with E-state index >= 15 is 0 Å². The summed E-state index contributed by atoms with van der Waals surface area (Å²) in [5, 5.41) is 1.14. The fourth-order valence-corrected chi connectivity index (χ4v) is 5.31. The largest absolute Gasteiger partial charge is 0.330 e. The Bertz CT molecular complexity index is 652. The van der Waals surface area contributed by atoms with Gasteiger partial charge in [-0.3, -0.25) is 14.7 Å². The van der Waals surface area contributed by atoms with Crippen LogP contribution in [-0.2, 0) is 11.2 Å². The van der Waals surface area contributed by atoms with Crippen molar-refractivity contribution in [2.24, 2.45) is 4.99 Å². The number of rotatable bonds is 6. The molecule has 0 N–H and O–H groups in total. The van der Waals surface area contributed by atoms with Gasteiger partial charge < -0.3 is 4.90 Å². The van der Waals surface area contributed by atoms with Crippen LogP contribution in [0.15, 0.2) is 29.3 Å². The molecule has 3 rings (SSSR count). The van der Waals surface area contributed by atoms with Crippen LogP contribution in [0, 0.1) is 0 Å². The van der Waals surface area contributed by atoms with Gasteiger partial charge in [-0.15, -0.1) is 0 Å². The fourth-order valence-electron chi connectivity index (χ4n) is 4.08. The van der Waals surface area contributed by atoms with Gasteiger partial charge in [0.2, 0.25) is 5.91 Å². The van der Waals surface area contributed by atoms with E-state index in [0.29, 0.717) is 6.04 Å². The molecule has 1 aromatic rings. The number of amidine groups is 1. The molecule has 1 saturated heterocycles. The third-order valence-electron chi connectivity index (χ3n) is 5.56. The maximum atomic E-state index is 12.6. The van der Waals surface area contributed by atoms with E-state index < -0.39 is 0 Å². The highest BCUT2D eigenvalue weighted by Gasteiger charge is 2.36. The normalized spacial score (nSPS) is 22.4. The molecule has 1 saturated carbocycles. The first-order valence-corrected chi connectivity index (χ1v) is 11.5. The van der Waals surface area contributed by atoms with Crippen molar-refractivity contribution in [1.82, 2.24) is 4.90 Å². The lowest BCUT2D eigenvalue weighted by atomic mass is 9.96. The SMILES string of the molecule is CCCN1C(=NC2CCCCC2)SCC1N(C(C)=O)c1ccc(CC)cc1. The molecule has 0 spiro atoms. The van der Waals surface area contributed by atoms with Crippen molar-refractivity contribution >= 4 is 28.5 Å². The Labute approximate surface area is 168 Å². The van der Waals surface area contributed by atoms with Crippen LogP contribution in [0.1, 0.15) is 64.9 Å². The van der Waals surface area contributed by atoms with Gasteiger partial charge in [-0.05, 0) is 43.4 Å². The number of carbonyl (C=O) groups is 1. The highest BCUT2D eigenvalue weighted by molar-refractivity contribution is 8.14. The molecule has 1 atom stereocenters. The predicted molar refractivity (Wildman–Crippen MR) is 117 cm³/mol. The Hall–Kier alpha value is -1.49.